The summed E-state index contributed by atoms with van der Waals surface area (Å²) in [6.07, 6.45) is 1.26. The van der Waals surface area contributed by atoms with Gasteiger partial charge in [-0.3, -0.25) is 0 Å². The van der Waals surface area contributed by atoms with Crippen molar-refractivity contribution in [2.45, 2.75) is 45.5 Å². The van der Waals surface area contributed by atoms with E-state index in [0.29, 0.717) is 23.1 Å². The molecule has 0 aliphatic carbocycles. The zero-order chi connectivity index (χ0) is 19.2. The van der Waals surface area contributed by atoms with Gasteiger partial charge in [0.15, 0.2) is 6.10 Å². The van der Waals surface area contributed by atoms with Gasteiger partial charge in [0.05, 0.1) is 24.9 Å². The minimum Gasteiger partial charge on any atom is -0.460 e. The second kappa shape index (κ2) is 9.01. The molecule has 1 aromatic carbocycles. The second-order valence-electron chi connectivity index (χ2n) is 6.34. The van der Waals surface area contributed by atoms with Crippen LogP contribution in [0, 0.1) is 0 Å². The van der Waals surface area contributed by atoms with E-state index in [2.05, 4.69) is 0 Å². The lowest BCUT2D eigenvalue weighted by Gasteiger charge is -2.15. The molecular weight excluding hydrogens is 352 g/mol. The number of furan rings is 1. The standard InChI is InChI=1S/C20H24O7/c1-3-23-20(22)18-16(15-8-4-5-9-17(15)27-18)12-26-19(21)13(2)25-11-14-7-6-10-24-14/h4-5,8-9,13-14H,3,6-7,10-12H2,1-2H3. The van der Waals surface area contributed by atoms with Crippen molar-refractivity contribution in [3.05, 3.63) is 35.6 Å². The number of hydrogen-bond acceptors (Lipinski definition) is 7. The summed E-state index contributed by atoms with van der Waals surface area (Å²) in [5.74, 6) is -1.03. The molecule has 2 aromatic rings. The van der Waals surface area contributed by atoms with Crippen LogP contribution in [0.2, 0.25) is 0 Å². The molecule has 7 heteroatoms. The molecule has 146 valence electrons. The molecule has 1 fully saturated rings. The van der Waals surface area contributed by atoms with E-state index in [1.807, 2.05) is 12.1 Å². The SMILES string of the molecule is CCOC(=O)c1oc2ccccc2c1COC(=O)C(C)OCC1CCCO1. The largest absolute Gasteiger partial charge is 0.460 e. The number of para-hydroxylation sites is 1. The molecule has 1 aliphatic rings. The average molecular weight is 376 g/mol. The summed E-state index contributed by atoms with van der Waals surface area (Å²) >= 11 is 0. The van der Waals surface area contributed by atoms with E-state index in [9.17, 15) is 9.59 Å². The number of carbonyl (C=O) groups is 2. The first-order valence-electron chi connectivity index (χ1n) is 9.17. The molecule has 0 amide bonds. The molecular formula is C20H24O7. The van der Waals surface area contributed by atoms with Crippen molar-refractivity contribution < 1.29 is 33.0 Å². The zero-order valence-electron chi connectivity index (χ0n) is 15.6. The molecule has 0 radical (unpaired) electrons. The highest BCUT2D eigenvalue weighted by Crippen LogP contribution is 2.27. The van der Waals surface area contributed by atoms with Crippen molar-refractivity contribution in [2.75, 3.05) is 19.8 Å². The van der Waals surface area contributed by atoms with E-state index in [4.69, 9.17) is 23.4 Å². The van der Waals surface area contributed by atoms with Crippen molar-refractivity contribution in [2.24, 2.45) is 0 Å². The predicted molar refractivity (Wildman–Crippen MR) is 96.4 cm³/mol. The van der Waals surface area contributed by atoms with Gasteiger partial charge in [-0.25, -0.2) is 9.59 Å². The minimum absolute atomic E-state index is 0.0356. The lowest BCUT2D eigenvalue weighted by molar-refractivity contribution is -0.159. The smallest absolute Gasteiger partial charge is 0.374 e. The van der Waals surface area contributed by atoms with Crippen molar-refractivity contribution in [1.29, 1.82) is 0 Å². The molecule has 2 atom stereocenters. The maximum atomic E-state index is 12.3. The Morgan fingerprint density at radius 1 is 1.26 bits per heavy atom. The molecule has 0 spiro atoms. The molecule has 0 bridgehead atoms. The number of benzene rings is 1. The molecule has 1 aromatic heterocycles. The molecule has 3 rings (SSSR count). The Hall–Kier alpha value is -2.38. The Morgan fingerprint density at radius 2 is 2.07 bits per heavy atom. The fraction of sp³-hybridized carbons (Fsp3) is 0.500. The van der Waals surface area contributed by atoms with Crippen LogP contribution < -0.4 is 0 Å². The van der Waals surface area contributed by atoms with Gasteiger partial charge in [-0.2, -0.15) is 0 Å². The van der Waals surface area contributed by atoms with Crippen LogP contribution in [0.15, 0.2) is 28.7 Å². The summed E-state index contributed by atoms with van der Waals surface area (Å²) in [7, 11) is 0. The number of esters is 2. The van der Waals surface area contributed by atoms with Crippen molar-refractivity contribution in [3.8, 4) is 0 Å². The van der Waals surface area contributed by atoms with E-state index in [0.717, 1.165) is 19.4 Å². The quantitative estimate of drug-likeness (QED) is 0.654. The van der Waals surface area contributed by atoms with Crippen LogP contribution in [0.3, 0.4) is 0 Å². The molecule has 27 heavy (non-hydrogen) atoms. The van der Waals surface area contributed by atoms with Crippen LogP contribution in [-0.4, -0.2) is 44.0 Å². The molecule has 0 saturated carbocycles. The summed E-state index contributed by atoms with van der Waals surface area (Å²) in [6, 6.07) is 7.18. The zero-order valence-corrected chi connectivity index (χ0v) is 15.6. The van der Waals surface area contributed by atoms with Gasteiger partial charge in [-0.1, -0.05) is 18.2 Å². The van der Waals surface area contributed by atoms with Crippen LogP contribution in [0.5, 0.6) is 0 Å². The highest BCUT2D eigenvalue weighted by atomic mass is 16.6. The lowest BCUT2D eigenvalue weighted by Crippen LogP contribution is -2.27. The van der Waals surface area contributed by atoms with Gasteiger partial charge in [0.2, 0.25) is 5.76 Å². The first-order valence-corrected chi connectivity index (χ1v) is 9.17. The van der Waals surface area contributed by atoms with Crippen molar-refractivity contribution in [3.63, 3.8) is 0 Å². The molecule has 7 nitrogen and oxygen atoms in total. The van der Waals surface area contributed by atoms with Crippen molar-refractivity contribution in [1.82, 2.24) is 0 Å². The summed E-state index contributed by atoms with van der Waals surface area (Å²) in [6.45, 7) is 4.57. The Balaban J connectivity index is 1.65. The van der Waals surface area contributed by atoms with Crippen LogP contribution in [0.1, 0.15) is 42.8 Å². The van der Waals surface area contributed by atoms with Crippen LogP contribution in [0.25, 0.3) is 11.0 Å². The van der Waals surface area contributed by atoms with Crippen molar-refractivity contribution >= 4 is 22.9 Å². The van der Waals surface area contributed by atoms with E-state index < -0.39 is 18.0 Å². The van der Waals surface area contributed by atoms with E-state index in [1.165, 1.54) is 0 Å². The molecule has 2 unspecified atom stereocenters. The molecule has 1 aliphatic heterocycles. The molecule has 1 saturated heterocycles. The summed E-state index contributed by atoms with van der Waals surface area (Å²) in [4.78, 5) is 24.4. The van der Waals surface area contributed by atoms with Crippen LogP contribution in [-0.2, 0) is 30.3 Å². The first kappa shape index (κ1) is 19.4. The second-order valence-corrected chi connectivity index (χ2v) is 6.34. The average Bonchev–Trinajstić information content (AvgIpc) is 3.32. The van der Waals surface area contributed by atoms with Gasteiger partial charge in [0.25, 0.3) is 0 Å². The van der Waals surface area contributed by atoms with Crippen LogP contribution >= 0.6 is 0 Å². The van der Waals surface area contributed by atoms with Gasteiger partial charge >= 0.3 is 11.9 Å². The maximum Gasteiger partial charge on any atom is 0.374 e. The number of carbonyl (C=O) groups excluding carboxylic acids is 2. The predicted octanol–water partition coefficient (Wildman–Crippen LogP) is 3.24. The lowest BCUT2D eigenvalue weighted by atomic mass is 10.1. The Bertz CT molecular complexity index is 789. The fourth-order valence-corrected chi connectivity index (χ4v) is 2.96. The Kier molecular flexibility index (Phi) is 6.47. The monoisotopic (exact) mass is 376 g/mol. The van der Waals surface area contributed by atoms with Gasteiger partial charge in [-0.15, -0.1) is 0 Å². The first-order chi connectivity index (χ1) is 13.1. The third-order valence-corrected chi connectivity index (χ3v) is 4.41. The van der Waals surface area contributed by atoms with Gasteiger partial charge in [0.1, 0.15) is 12.2 Å². The maximum absolute atomic E-state index is 12.3. The minimum atomic E-state index is -0.724. The third-order valence-electron chi connectivity index (χ3n) is 4.41. The van der Waals surface area contributed by atoms with Gasteiger partial charge in [0, 0.05) is 12.0 Å². The van der Waals surface area contributed by atoms with E-state index in [1.54, 1.807) is 26.0 Å². The third kappa shape index (κ3) is 4.67. The fourth-order valence-electron chi connectivity index (χ4n) is 2.96. The van der Waals surface area contributed by atoms with Crippen LogP contribution in [0.4, 0.5) is 0 Å². The Labute approximate surface area is 157 Å². The van der Waals surface area contributed by atoms with Gasteiger partial charge < -0.3 is 23.4 Å². The summed E-state index contributed by atoms with van der Waals surface area (Å²) in [5.41, 5.74) is 1.03. The highest BCUT2D eigenvalue weighted by molar-refractivity contribution is 5.96. The van der Waals surface area contributed by atoms with E-state index >= 15 is 0 Å². The molecule has 2 heterocycles. The summed E-state index contributed by atoms with van der Waals surface area (Å²) < 4.78 is 27.0. The van der Waals surface area contributed by atoms with Gasteiger partial charge in [-0.05, 0) is 32.8 Å². The number of fused-ring (bicyclic) bond motifs is 1. The Morgan fingerprint density at radius 3 is 2.81 bits per heavy atom. The normalized spacial score (nSPS) is 17.8. The summed E-state index contributed by atoms with van der Waals surface area (Å²) in [5, 5.41) is 0.710. The topological polar surface area (TPSA) is 84.2 Å². The molecule has 0 N–H and O–H groups in total. The van der Waals surface area contributed by atoms with E-state index in [-0.39, 0.29) is 25.1 Å². The highest BCUT2D eigenvalue weighted by Gasteiger charge is 2.25. The number of rotatable bonds is 8. The number of ether oxygens (including phenoxy) is 4. The number of hydrogen-bond donors (Lipinski definition) is 0.